The Labute approximate surface area is 180 Å². The molecule has 27 heavy (non-hydrogen) atoms. The van der Waals surface area contributed by atoms with E-state index in [1.54, 1.807) is 0 Å². The zero-order valence-corrected chi connectivity index (χ0v) is 19.1. The summed E-state index contributed by atoms with van der Waals surface area (Å²) in [4.78, 5) is 20.6. The lowest BCUT2D eigenvalue weighted by Gasteiger charge is -2.35. The van der Waals surface area contributed by atoms with Gasteiger partial charge in [0.2, 0.25) is 5.91 Å². The van der Waals surface area contributed by atoms with Crippen LogP contribution in [0.15, 0.2) is 35.3 Å². The first kappa shape index (κ1) is 23.5. The molecule has 7 heteroatoms. The van der Waals surface area contributed by atoms with Gasteiger partial charge in [-0.25, -0.2) is 0 Å². The minimum atomic E-state index is -0.211. The van der Waals surface area contributed by atoms with Crippen molar-refractivity contribution in [2.45, 2.75) is 39.2 Å². The predicted molar refractivity (Wildman–Crippen MR) is 124 cm³/mol. The number of piperidine rings is 1. The molecule has 2 unspecified atom stereocenters. The highest BCUT2D eigenvalue weighted by molar-refractivity contribution is 14.0. The van der Waals surface area contributed by atoms with Crippen molar-refractivity contribution in [3.05, 3.63) is 30.3 Å². The number of para-hydroxylation sites is 1. The van der Waals surface area contributed by atoms with Crippen LogP contribution in [-0.4, -0.2) is 56.0 Å². The van der Waals surface area contributed by atoms with Crippen LogP contribution in [0.4, 0.5) is 5.69 Å². The van der Waals surface area contributed by atoms with Crippen molar-refractivity contribution in [2.24, 2.45) is 16.6 Å². The van der Waals surface area contributed by atoms with E-state index in [1.807, 2.05) is 6.07 Å². The molecule has 1 saturated heterocycles. The Hall–Kier alpha value is -1.51. The molecule has 0 bridgehead atoms. The van der Waals surface area contributed by atoms with Gasteiger partial charge in [0.1, 0.15) is 0 Å². The third-order valence-corrected chi connectivity index (χ3v) is 4.97. The number of primary amides is 1. The number of nitrogens with two attached hydrogens (primary N) is 1. The summed E-state index contributed by atoms with van der Waals surface area (Å²) in [6.07, 6.45) is 2.59. The second kappa shape index (κ2) is 12.0. The average Bonchev–Trinajstić information content (AvgIpc) is 2.64. The molecule has 1 aliphatic rings. The number of halogens is 1. The highest BCUT2D eigenvalue weighted by Gasteiger charge is 2.23. The average molecular weight is 487 g/mol. The second-order valence-corrected chi connectivity index (χ2v) is 7.11. The van der Waals surface area contributed by atoms with E-state index in [4.69, 9.17) is 10.7 Å². The minimum absolute atomic E-state index is 0. The quantitative estimate of drug-likeness (QED) is 0.353. The molecule has 1 aromatic rings. The summed E-state index contributed by atoms with van der Waals surface area (Å²) in [6.45, 7) is 7.64. The lowest BCUT2D eigenvalue weighted by molar-refractivity contribution is -0.119. The number of rotatable bonds is 7. The van der Waals surface area contributed by atoms with Crippen LogP contribution in [0, 0.1) is 5.92 Å². The highest BCUT2D eigenvalue weighted by atomic mass is 127. The largest absolute Gasteiger partial charge is 0.370 e. The van der Waals surface area contributed by atoms with Crippen molar-refractivity contribution in [2.75, 3.05) is 38.1 Å². The second-order valence-electron chi connectivity index (χ2n) is 7.11. The number of nitrogens with one attached hydrogen (secondary N) is 1. The first-order valence-electron chi connectivity index (χ1n) is 9.60. The third kappa shape index (κ3) is 7.56. The van der Waals surface area contributed by atoms with Gasteiger partial charge in [0.15, 0.2) is 5.96 Å². The normalized spacial score (nSPS) is 18.4. The van der Waals surface area contributed by atoms with Crippen LogP contribution in [0.2, 0.25) is 0 Å². The molecule has 1 amide bonds. The molecule has 0 saturated carbocycles. The van der Waals surface area contributed by atoms with E-state index in [2.05, 4.69) is 60.3 Å². The van der Waals surface area contributed by atoms with E-state index in [1.165, 1.54) is 5.69 Å². The molecule has 1 heterocycles. The van der Waals surface area contributed by atoms with E-state index in [0.29, 0.717) is 18.9 Å². The van der Waals surface area contributed by atoms with Crippen LogP contribution in [0.3, 0.4) is 0 Å². The van der Waals surface area contributed by atoms with E-state index in [0.717, 1.165) is 38.4 Å². The van der Waals surface area contributed by atoms with E-state index < -0.39 is 0 Å². The zero-order valence-electron chi connectivity index (χ0n) is 16.7. The summed E-state index contributed by atoms with van der Waals surface area (Å²) in [5.41, 5.74) is 6.58. The lowest BCUT2D eigenvalue weighted by Crippen LogP contribution is -2.47. The topological polar surface area (TPSA) is 74.0 Å². The molecule has 2 atom stereocenters. The number of benzene rings is 1. The molecular formula is C20H34IN5O. The summed E-state index contributed by atoms with van der Waals surface area (Å²) in [7, 11) is 2.10. The number of carbonyl (C=O) groups excluding carboxylic acids is 1. The Morgan fingerprint density at radius 2 is 2.11 bits per heavy atom. The van der Waals surface area contributed by atoms with Gasteiger partial charge in [-0.1, -0.05) is 18.2 Å². The van der Waals surface area contributed by atoms with Crippen LogP contribution in [-0.2, 0) is 4.79 Å². The number of aliphatic imine (C=N–C) groups is 1. The summed E-state index contributed by atoms with van der Waals surface area (Å²) >= 11 is 0. The number of carbonyl (C=O) groups is 1. The van der Waals surface area contributed by atoms with E-state index >= 15 is 0 Å². The maximum Gasteiger partial charge on any atom is 0.217 e. The Morgan fingerprint density at radius 1 is 1.41 bits per heavy atom. The van der Waals surface area contributed by atoms with Crippen molar-refractivity contribution in [3.63, 3.8) is 0 Å². The summed E-state index contributed by atoms with van der Waals surface area (Å²) in [5.74, 6) is 1.06. The Morgan fingerprint density at radius 3 is 2.74 bits per heavy atom. The number of anilines is 1. The smallest absolute Gasteiger partial charge is 0.217 e. The first-order chi connectivity index (χ1) is 12.5. The van der Waals surface area contributed by atoms with Crippen LogP contribution in [0.5, 0.6) is 0 Å². The lowest BCUT2D eigenvalue weighted by atomic mass is 9.95. The number of guanidine groups is 1. The Bertz CT molecular complexity index is 595. The van der Waals surface area contributed by atoms with Crippen molar-refractivity contribution in [1.82, 2.24) is 10.2 Å². The minimum Gasteiger partial charge on any atom is -0.370 e. The fourth-order valence-electron chi connectivity index (χ4n) is 3.39. The van der Waals surface area contributed by atoms with Gasteiger partial charge in [0.25, 0.3) is 0 Å². The van der Waals surface area contributed by atoms with E-state index in [-0.39, 0.29) is 35.9 Å². The SMILES string of the molecule is CCNC(=NCC(C)N(C)c1ccccc1)N1CCCC(CC(N)=O)C1.I. The van der Waals surface area contributed by atoms with Crippen LogP contribution >= 0.6 is 24.0 Å². The molecule has 3 N–H and O–H groups in total. The van der Waals surface area contributed by atoms with Crippen LogP contribution in [0.25, 0.3) is 0 Å². The molecule has 152 valence electrons. The maximum atomic E-state index is 11.2. The van der Waals surface area contributed by atoms with Crippen LogP contribution in [0.1, 0.15) is 33.1 Å². The number of nitrogens with zero attached hydrogens (tertiary/aromatic N) is 3. The zero-order chi connectivity index (χ0) is 18.9. The van der Waals surface area contributed by atoms with Crippen molar-refractivity contribution >= 4 is 41.5 Å². The van der Waals surface area contributed by atoms with Crippen molar-refractivity contribution in [1.29, 1.82) is 0 Å². The first-order valence-corrected chi connectivity index (χ1v) is 9.60. The predicted octanol–water partition coefficient (Wildman–Crippen LogP) is 2.68. The third-order valence-electron chi connectivity index (χ3n) is 4.97. The fraction of sp³-hybridized carbons (Fsp3) is 0.600. The molecule has 2 rings (SSSR count). The molecule has 0 aliphatic carbocycles. The summed E-state index contributed by atoms with van der Waals surface area (Å²) < 4.78 is 0. The standard InChI is InChI=1S/C20H33N5O.HI/c1-4-22-20(25-12-8-9-17(15-25)13-19(21)26)23-14-16(2)24(3)18-10-6-5-7-11-18;/h5-7,10-11,16-17H,4,8-9,12-15H2,1-3H3,(H2,21,26)(H,22,23);1H. The fourth-order valence-corrected chi connectivity index (χ4v) is 3.39. The van der Waals surface area contributed by atoms with Gasteiger partial charge in [-0.05, 0) is 44.7 Å². The maximum absolute atomic E-state index is 11.2. The van der Waals surface area contributed by atoms with Gasteiger partial charge < -0.3 is 20.9 Å². The molecule has 1 aromatic carbocycles. The van der Waals surface area contributed by atoms with Gasteiger partial charge >= 0.3 is 0 Å². The molecule has 0 spiro atoms. The number of likely N-dealkylation sites (N-methyl/N-ethyl adjacent to an activating group) is 1. The van der Waals surface area contributed by atoms with Gasteiger partial charge in [-0.2, -0.15) is 0 Å². The molecule has 1 fully saturated rings. The van der Waals surface area contributed by atoms with Crippen LogP contribution < -0.4 is 16.0 Å². The molecule has 6 nitrogen and oxygen atoms in total. The van der Waals surface area contributed by atoms with Gasteiger partial charge in [0.05, 0.1) is 6.54 Å². The molecule has 1 aliphatic heterocycles. The van der Waals surface area contributed by atoms with Gasteiger partial charge in [0, 0.05) is 44.8 Å². The summed E-state index contributed by atoms with van der Waals surface area (Å²) in [5, 5.41) is 3.40. The number of hydrogen-bond acceptors (Lipinski definition) is 3. The molecule has 0 aromatic heterocycles. The summed E-state index contributed by atoms with van der Waals surface area (Å²) in [6, 6.07) is 10.7. The monoisotopic (exact) mass is 487 g/mol. The van der Waals surface area contributed by atoms with Crippen molar-refractivity contribution < 1.29 is 4.79 Å². The van der Waals surface area contributed by atoms with Gasteiger partial charge in [-0.3, -0.25) is 9.79 Å². The Balaban J connectivity index is 0.00000364. The van der Waals surface area contributed by atoms with E-state index in [9.17, 15) is 4.79 Å². The number of hydrogen-bond donors (Lipinski definition) is 2. The molecular weight excluding hydrogens is 453 g/mol. The molecule has 0 radical (unpaired) electrons. The van der Waals surface area contributed by atoms with Gasteiger partial charge in [-0.15, -0.1) is 24.0 Å². The number of likely N-dealkylation sites (tertiary alicyclic amines) is 1. The van der Waals surface area contributed by atoms with Crippen molar-refractivity contribution in [3.8, 4) is 0 Å². The number of amides is 1. The highest BCUT2D eigenvalue weighted by Crippen LogP contribution is 2.20. The Kier molecular flexibility index (Phi) is 10.5.